The summed E-state index contributed by atoms with van der Waals surface area (Å²) in [4.78, 5) is 18.3. The number of carbonyl (C=O) groups is 1. The first-order valence-electron chi connectivity index (χ1n) is 6.05. The predicted molar refractivity (Wildman–Crippen MR) is 69.2 cm³/mol. The van der Waals surface area contributed by atoms with E-state index < -0.39 is 5.97 Å². The molecule has 1 fully saturated rings. The van der Waals surface area contributed by atoms with E-state index in [0.29, 0.717) is 10.9 Å². The molecule has 0 unspecified atom stereocenters. The average molecular weight is 254 g/mol. The number of aromatic carboxylic acids is 1. The third kappa shape index (κ3) is 2.44. The lowest BCUT2D eigenvalue weighted by Crippen LogP contribution is -2.24. The minimum Gasteiger partial charge on any atom is -0.477 e. The first kappa shape index (κ1) is 12.4. The van der Waals surface area contributed by atoms with Gasteiger partial charge in [-0.05, 0) is 25.7 Å². The van der Waals surface area contributed by atoms with Crippen LogP contribution in [0.15, 0.2) is 0 Å². The highest BCUT2D eigenvalue weighted by molar-refractivity contribution is 7.17. The zero-order valence-electron chi connectivity index (χ0n) is 10.4. The maximum absolute atomic E-state index is 11.2. The fraction of sp³-hybridized carbons (Fsp3) is 0.667. The number of hydrogen-bond donors (Lipinski definition) is 1. The first-order valence-corrected chi connectivity index (χ1v) is 6.86. The third-order valence-corrected chi connectivity index (χ3v) is 4.05. The van der Waals surface area contributed by atoms with Crippen LogP contribution in [0.2, 0.25) is 0 Å². The van der Waals surface area contributed by atoms with Crippen LogP contribution in [-0.4, -0.2) is 28.6 Å². The van der Waals surface area contributed by atoms with Crippen molar-refractivity contribution in [3.8, 4) is 0 Å². The van der Waals surface area contributed by atoms with Crippen molar-refractivity contribution >= 4 is 22.4 Å². The number of anilines is 1. The summed E-state index contributed by atoms with van der Waals surface area (Å²) in [7, 11) is 0. The highest BCUT2D eigenvalue weighted by Gasteiger charge is 2.31. The smallest absolute Gasteiger partial charge is 0.347 e. The van der Waals surface area contributed by atoms with Crippen LogP contribution in [0.5, 0.6) is 0 Å². The Morgan fingerprint density at radius 1 is 1.59 bits per heavy atom. The molecular weight excluding hydrogens is 236 g/mol. The van der Waals surface area contributed by atoms with E-state index in [1.54, 1.807) is 0 Å². The van der Waals surface area contributed by atoms with Crippen LogP contribution in [0.25, 0.3) is 0 Å². The standard InChI is InChI=1S/C12H18N2O2S/c1-4-14(8-5-6-8)12-13-9(7(2)3)10(17-12)11(15)16/h7-8H,4-6H2,1-3H3,(H,15,16). The van der Waals surface area contributed by atoms with Crippen molar-refractivity contribution in [2.24, 2.45) is 0 Å². The molecule has 0 radical (unpaired) electrons. The van der Waals surface area contributed by atoms with Gasteiger partial charge in [0.05, 0.1) is 5.69 Å². The Morgan fingerprint density at radius 3 is 2.59 bits per heavy atom. The number of carboxylic acids is 1. The molecule has 0 bridgehead atoms. The lowest BCUT2D eigenvalue weighted by molar-refractivity contribution is 0.0700. The van der Waals surface area contributed by atoms with Crippen LogP contribution in [-0.2, 0) is 0 Å². The zero-order valence-corrected chi connectivity index (χ0v) is 11.3. The van der Waals surface area contributed by atoms with Gasteiger partial charge in [-0.2, -0.15) is 0 Å². The van der Waals surface area contributed by atoms with Gasteiger partial charge in [-0.15, -0.1) is 0 Å². The maximum atomic E-state index is 11.2. The lowest BCUT2D eigenvalue weighted by atomic mass is 10.1. The van der Waals surface area contributed by atoms with Crippen molar-refractivity contribution < 1.29 is 9.90 Å². The van der Waals surface area contributed by atoms with Gasteiger partial charge in [-0.3, -0.25) is 0 Å². The van der Waals surface area contributed by atoms with Gasteiger partial charge >= 0.3 is 5.97 Å². The molecule has 0 saturated heterocycles. The van der Waals surface area contributed by atoms with Crippen molar-refractivity contribution in [3.05, 3.63) is 10.6 Å². The summed E-state index contributed by atoms with van der Waals surface area (Å²) in [5.41, 5.74) is 0.719. The molecule has 4 nitrogen and oxygen atoms in total. The van der Waals surface area contributed by atoms with Crippen LogP contribution in [0, 0.1) is 0 Å². The van der Waals surface area contributed by atoms with Gasteiger partial charge in [0, 0.05) is 12.6 Å². The van der Waals surface area contributed by atoms with E-state index in [1.807, 2.05) is 13.8 Å². The van der Waals surface area contributed by atoms with Crippen LogP contribution < -0.4 is 4.90 Å². The SMILES string of the molecule is CCN(c1nc(C(C)C)c(C(=O)O)s1)C1CC1. The number of hydrogen-bond acceptors (Lipinski definition) is 4. The van der Waals surface area contributed by atoms with Gasteiger partial charge in [0.1, 0.15) is 4.88 Å². The highest BCUT2D eigenvalue weighted by atomic mass is 32.1. The Kier molecular flexibility index (Phi) is 3.38. The summed E-state index contributed by atoms with van der Waals surface area (Å²) >= 11 is 1.31. The van der Waals surface area contributed by atoms with Gasteiger partial charge < -0.3 is 10.0 Å². The molecule has 0 aromatic carbocycles. The van der Waals surface area contributed by atoms with Crippen LogP contribution in [0.4, 0.5) is 5.13 Å². The molecule has 17 heavy (non-hydrogen) atoms. The molecule has 1 aliphatic carbocycles. The quantitative estimate of drug-likeness (QED) is 0.877. The molecule has 1 aromatic rings. The molecule has 0 atom stereocenters. The highest BCUT2D eigenvalue weighted by Crippen LogP contribution is 2.36. The van der Waals surface area contributed by atoms with Crippen LogP contribution in [0.1, 0.15) is 54.9 Å². The molecule has 94 valence electrons. The van der Waals surface area contributed by atoms with E-state index >= 15 is 0 Å². The summed E-state index contributed by atoms with van der Waals surface area (Å²) < 4.78 is 0. The topological polar surface area (TPSA) is 53.4 Å². The molecule has 1 heterocycles. The molecule has 1 aromatic heterocycles. The summed E-state index contributed by atoms with van der Waals surface area (Å²) in [6.45, 7) is 6.96. The molecule has 1 saturated carbocycles. The van der Waals surface area contributed by atoms with Crippen molar-refractivity contribution in [3.63, 3.8) is 0 Å². The van der Waals surface area contributed by atoms with Crippen molar-refractivity contribution in [2.75, 3.05) is 11.4 Å². The predicted octanol–water partition coefficient (Wildman–Crippen LogP) is 2.95. The number of aromatic nitrogens is 1. The Morgan fingerprint density at radius 2 is 2.24 bits per heavy atom. The van der Waals surface area contributed by atoms with E-state index in [1.165, 1.54) is 24.2 Å². The van der Waals surface area contributed by atoms with Crippen molar-refractivity contribution in [2.45, 2.75) is 45.6 Å². The number of carboxylic acid groups (broad SMARTS) is 1. The lowest BCUT2D eigenvalue weighted by Gasteiger charge is -2.18. The molecular formula is C12H18N2O2S. The van der Waals surface area contributed by atoms with E-state index in [4.69, 9.17) is 0 Å². The van der Waals surface area contributed by atoms with Gasteiger partial charge in [0.25, 0.3) is 0 Å². The Bertz CT molecular complexity index is 424. The number of rotatable bonds is 5. The minimum absolute atomic E-state index is 0.156. The fourth-order valence-corrected chi connectivity index (χ4v) is 3.12. The largest absolute Gasteiger partial charge is 0.477 e. The van der Waals surface area contributed by atoms with Crippen molar-refractivity contribution in [1.82, 2.24) is 4.98 Å². The van der Waals surface area contributed by atoms with Gasteiger partial charge in [0.15, 0.2) is 5.13 Å². The summed E-state index contributed by atoms with van der Waals surface area (Å²) in [6.07, 6.45) is 2.40. The second-order valence-electron chi connectivity index (χ2n) is 4.69. The molecule has 2 rings (SSSR count). The van der Waals surface area contributed by atoms with Crippen LogP contribution in [0.3, 0.4) is 0 Å². The monoisotopic (exact) mass is 254 g/mol. The molecule has 0 amide bonds. The van der Waals surface area contributed by atoms with E-state index in [2.05, 4.69) is 16.8 Å². The van der Waals surface area contributed by atoms with E-state index in [9.17, 15) is 9.90 Å². The molecule has 1 aliphatic rings. The average Bonchev–Trinajstić information content (AvgIpc) is 2.96. The van der Waals surface area contributed by atoms with Crippen LogP contribution >= 0.6 is 11.3 Å². The van der Waals surface area contributed by atoms with Gasteiger partial charge in [-0.25, -0.2) is 9.78 Å². The summed E-state index contributed by atoms with van der Waals surface area (Å²) in [5.74, 6) is -0.701. The number of thiazole rings is 1. The van der Waals surface area contributed by atoms with Crippen molar-refractivity contribution in [1.29, 1.82) is 0 Å². The zero-order chi connectivity index (χ0) is 12.6. The molecule has 0 aliphatic heterocycles. The Hall–Kier alpha value is -1.10. The first-order chi connectivity index (χ1) is 8.04. The summed E-state index contributed by atoms with van der Waals surface area (Å²) in [6, 6.07) is 0.577. The Labute approximate surface area is 105 Å². The molecule has 5 heteroatoms. The second kappa shape index (κ2) is 4.64. The maximum Gasteiger partial charge on any atom is 0.347 e. The molecule has 0 spiro atoms. The molecule has 1 N–H and O–H groups in total. The minimum atomic E-state index is -0.857. The Balaban J connectivity index is 2.35. The number of nitrogens with zero attached hydrogens (tertiary/aromatic N) is 2. The van der Waals surface area contributed by atoms with Gasteiger partial charge in [-0.1, -0.05) is 25.2 Å². The summed E-state index contributed by atoms with van der Waals surface area (Å²) in [5, 5.41) is 10.1. The third-order valence-electron chi connectivity index (χ3n) is 2.96. The normalized spacial score (nSPS) is 15.3. The van der Waals surface area contributed by atoms with Gasteiger partial charge in [0.2, 0.25) is 0 Å². The van der Waals surface area contributed by atoms with E-state index in [0.717, 1.165) is 17.4 Å². The van der Waals surface area contributed by atoms with E-state index in [-0.39, 0.29) is 5.92 Å². The second-order valence-corrected chi connectivity index (χ2v) is 5.67. The fourth-order valence-electron chi connectivity index (χ4n) is 1.92.